The van der Waals surface area contributed by atoms with Crippen molar-refractivity contribution in [1.82, 2.24) is 0 Å². The second-order valence-corrected chi connectivity index (χ2v) is 2.46. The molecule has 0 unspecified atom stereocenters. The highest BCUT2D eigenvalue weighted by molar-refractivity contribution is 5.33. The Morgan fingerprint density at radius 2 is 2.08 bits per heavy atom. The lowest BCUT2D eigenvalue weighted by molar-refractivity contribution is -0.384. The predicted octanol–water partition coefficient (Wildman–Crippen LogP) is 2.45. The average molecular weight is 177 g/mol. The molecule has 66 valence electrons. The van der Waals surface area contributed by atoms with Gasteiger partial charge in [-0.2, -0.15) is 0 Å². The quantitative estimate of drug-likeness (QED) is 0.514. The summed E-state index contributed by atoms with van der Waals surface area (Å²) in [5.74, 6) is 0. The molecule has 0 N–H and O–H groups in total. The molecule has 0 atom stereocenters. The molecule has 4 heteroatoms. The van der Waals surface area contributed by atoms with Gasteiger partial charge in [0.1, 0.15) is 0 Å². The van der Waals surface area contributed by atoms with Crippen molar-refractivity contribution in [2.24, 2.45) is 0 Å². The molecule has 1 aromatic rings. The first-order chi connectivity index (χ1) is 6.24. The second-order valence-electron chi connectivity index (χ2n) is 2.46. The van der Waals surface area contributed by atoms with Gasteiger partial charge in [0.25, 0.3) is 18.3 Å². The van der Waals surface area contributed by atoms with Crippen LogP contribution in [0.1, 0.15) is 12.5 Å². The molecule has 0 aliphatic rings. The molecule has 0 heterocycles. The third kappa shape index (κ3) is 2.56. The van der Waals surface area contributed by atoms with Gasteiger partial charge < -0.3 is 0 Å². The number of nitrogens with zero attached hydrogens (tertiary/aromatic N) is 2. The van der Waals surface area contributed by atoms with Crippen molar-refractivity contribution < 1.29 is 4.92 Å². The Hall–Kier alpha value is -1.89. The Bertz CT molecular complexity index is 359. The van der Waals surface area contributed by atoms with Gasteiger partial charge in [-0.1, -0.05) is 4.85 Å². The fourth-order valence-corrected chi connectivity index (χ4v) is 0.893. The number of hydrogen-bond acceptors (Lipinski definition) is 2. The van der Waals surface area contributed by atoms with Crippen LogP contribution in [0.2, 0.25) is 0 Å². The molecule has 1 aromatic carbocycles. The number of hydrogen-bond donors (Lipinski definition) is 0. The van der Waals surface area contributed by atoms with Crippen LogP contribution < -0.4 is 0 Å². The molecule has 13 heavy (non-hydrogen) atoms. The van der Waals surface area contributed by atoms with Crippen LogP contribution in [0.3, 0.4) is 0 Å². The fraction of sp³-hybridized carbons (Fsp3) is 0.222. The van der Waals surface area contributed by atoms with E-state index in [2.05, 4.69) is 10.9 Å². The van der Waals surface area contributed by atoms with Gasteiger partial charge in [0.15, 0.2) is 0 Å². The van der Waals surface area contributed by atoms with E-state index in [1.54, 1.807) is 19.1 Å². The molecule has 0 fully saturated rings. The smallest absolute Gasteiger partial charge is 0.258 e. The summed E-state index contributed by atoms with van der Waals surface area (Å²) in [7, 11) is 0. The molecule has 1 rings (SSSR count). The standard InChI is InChI=1S/C9H9N2O2/c1-2-10-7-8-3-5-9(6-4-8)11(12)13/h3-6H,7H2,1H3/q+1. The van der Waals surface area contributed by atoms with E-state index in [4.69, 9.17) is 0 Å². The van der Waals surface area contributed by atoms with Gasteiger partial charge in [0.2, 0.25) is 0 Å². The minimum Gasteiger partial charge on any atom is -0.258 e. The number of rotatable bonds is 2. The molecule has 0 saturated carbocycles. The topological polar surface area (TPSA) is 47.5 Å². The normalized spacial score (nSPS) is 8.69. The maximum absolute atomic E-state index is 10.3. The van der Waals surface area contributed by atoms with Gasteiger partial charge in [-0.15, -0.1) is 0 Å². The summed E-state index contributed by atoms with van der Waals surface area (Å²) < 4.78 is 0. The highest BCUT2D eigenvalue weighted by atomic mass is 16.6. The van der Waals surface area contributed by atoms with Crippen molar-refractivity contribution in [2.75, 3.05) is 0 Å². The van der Waals surface area contributed by atoms with Crippen LogP contribution in [0.4, 0.5) is 5.69 Å². The highest BCUT2D eigenvalue weighted by Crippen LogP contribution is 2.12. The average Bonchev–Trinajstić information content (AvgIpc) is 2.15. The molecule has 0 saturated heterocycles. The van der Waals surface area contributed by atoms with Crippen LogP contribution >= 0.6 is 0 Å². The SMILES string of the molecule is CC#[N+]Cc1ccc([N+](=O)[O-])cc1. The predicted molar refractivity (Wildman–Crippen MR) is 49.7 cm³/mol. The Balaban J connectivity index is 2.79. The summed E-state index contributed by atoms with van der Waals surface area (Å²) >= 11 is 0. The summed E-state index contributed by atoms with van der Waals surface area (Å²) in [4.78, 5) is 13.8. The largest absolute Gasteiger partial charge is 0.288 e. The summed E-state index contributed by atoms with van der Waals surface area (Å²) in [5, 5.41) is 10.3. The first kappa shape index (κ1) is 9.20. The van der Waals surface area contributed by atoms with E-state index < -0.39 is 4.92 Å². The van der Waals surface area contributed by atoms with Gasteiger partial charge in [-0.25, -0.2) is 0 Å². The molecule has 0 aliphatic carbocycles. The molecular formula is C9H9N2O2+. The van der Waals surface area contributed by atoms with Crippen molar-refractivity contribution in [1.29, 1.82) is 0 Å². The van der Waals surface area contributed by atoms with E-state index in [9.17, 15) is 10.1 Å². The van der Waals surface area contributed by atoms with Crippen LogP contribution in [0, 0.1) is 16.2 Å². The summed E-state index contributed by atoms with van der Waals surface area (Å²) in [6, 6.07) is 8.98. The van der Waals surface area contributed by atoms with Gasteiger partial charge >= 0.3 is 0 Å². The Kier molecular flexibility index (Phi) is 2.98. The molecule has 0 bridgehead atoms. The van der Waals surface area contributed by atoms with Crippen molar-refractivity contribution in [2.45, 2.75) is 13.5 Å². The third-order valence-electron chi connectivity index (χ3n) is 1.57. The zero-order valence-electron chi connectivity index (χ0n) is 7.23. The molecule has 4 nitrogen and oxygen atoms in total. The molecule has 0 radical (unpaired) electrons. The lowest BCUT2D eigenvalue weighted by atomic mass is 10.2. The van der Waals surface area contributed by atoms with Crippen LogP contribution in [0.25, 0.3) is 4.85 Å². The maximum atomic E-state index is 10.3. The molecule has 0 amide bonds. The Morgan fingerprint density at radius 3 is 2.54 bits per heavy atom. The Labute approximate surface area is 75.8 Å². The second kappa shape index (κ2) is 4.21. The minimum absolute atomic E-state index is 0.105. The highest BCUT2D eigenvalue weighted by Gasteiger charge is 2.04. The van der Waals surface area contributed by atoms with E-state index in [1.165, 1.54) is 12.1 Å². The van der Waals surface area contributed by atoms with Gasteiger partial charge in [-0.05, 0) is 12.1 Å². The van der Waals surface area contributed by atoms with Crippen molar-refractivity contribution in [3.05, 3.63) is 44.8 Å². The van der Waals surface area contributed by atoms with Crippen LogP contribution in [0.15, 0.2) is 24.3 Å². The van der Waals surface area contributed by atoms with E-state index in [1.807, 2.05) is 0 Å². The number of nitro groups is 1. The van der Waals surface area contributed by atoms with Crippen molar-refractivity contribution in [3.63, 3.8) is 0 Å². The van der Waals surface area contributed by atoms with Crippen molar-refractivity contribution >= 4 is 5.69 Å². The maximum Gasteiger partial charge on any atom is 0.288 e. The summed E-state index contributed by atoms with van der Waals surface area (Å²) in [5.41, 5.74) is 1.05. The first-order valence-corrected chi connectivity index (χ1v) is 3.80. The zero-order chi connectivity index (χ0) is 9.68. The van der Waals surface area contributed by atoms with Gasteiger partial charge in [-0.3, -0.25) is 10.1 Å². The van der Waals surface area contributed by atoms with E-state index >= 15 is 0 Å². The lowest BCUT2D eigenvalue weighted by Gasteiger charge is -1.90. The Morgan fingerprint density at radius 1 is 1.46 bits per heavy atom. The molecule has 0 spiro atoms. The van der Waals surface area contributed by atoms with E-state index in [0.717, 1.165) is 5.56 Å². The third-order valence-corrected chi connectivity index (χ3v) is 1.57. The van der Waals surface area contributed by atoms with Crippen LogP contribution in [-0.4, -0.2) is 4.92 Å². The minimum atomic E-state index is -0.418. The van der Waals surface area contributed by atoms with Crippen LogP contribution in [0.5, 0.6) is 0 Å². The molecule has 0 aromatic heterocycles. The lowest BCUT2D eigenvalue weighted by Crippen LogP contribution is -1.87. The monoisotopic (exact) mass is 177 g/mol. The van der Waals surface area contributed by atoms with Crippen molar-refractivity contribution in [3.8, 4) is 6.07 Å². The fourth-order valence-electron chi connectivity index (χ4n) is 0.893. The van der Waals surface area contributed by atoms with Crippen LogP contribution in [-0.2, 0) is 6.54 Å². The zero-order valence-corrected chi connectivity index (χ0v) is 7.23. The molecular weight excluding hydrogens is 168 g/mol. The summed E-state index contributed by atoms with van der Waals surface area (Å²) in [6.45, 7) is 2.24. The van der Waals surface area contributed by atoms with E-state index in [-0.39, 0.29) is 5.69 Å². The van der Waals surface area contributed by atoms with Gasteiger partial charge in [0, 0.05) is 17.7 Å². The first-order valence-electron chi connectivity index (χ1n) is 3.80. The molecule has 0 aliphatic heterocycles. The number of non-ortho nitro benzene ring substituents is 1. The van der Waals surface area contributed by atoms with Gasteiger partial charge in [0.05, 0.1) is 11.8 Å². The summed E-state index contributed by atoms with van der Waals surface area (Å²) in [6.07, 6.45) is 0. The number of nitro benzene ring substituents is 1. The number of benzene rings is 1. The van der Waals surface area contributed by atoms with E-state index in [0.29, 0.717) is 6.54 Å².